The van der Waals surface area contributed by atoms with Crippen LogP contribution in [0.25, 0.3) is 98.7 Å². The van der Waals surface area contributed by atoms with E-state index in [9.17, 15) is 0 Å². The van der Waals surface area contributed by atoms with Crippen molar-refractivity contribution in [2.45, 2.75) is 51.4 Å². The van der Waals surface area contributed by atoms with Gasteiger partial charge in [0, 0.05) is 5.41 Å². The molecule has 0 amide bonds. The SMILES string of the molecule is CCC1CC2CC(C)C3(c4ccccc4-c4ccc5ccc(-c6ccccc6-c6ccccc6-c6c7ccccc7c(-c7ccc8ccccc8c7)c7ccccc67)cc5c43)C(C1)C2. The van der Waals surface area contributed by atoms with Crippen LogP contribution in [0.4, 0.5) is 0 Å². The minimum absolute atomic E-state index is 0.0294. The zero-order valence-corrected chi connectivity index (χ0v) is 36.8. The molecule has 10 aromatic rings. The summed E-state index contributed by atoms with van der Waals surface area (Å²) in [6.45, 7) is 5.04. The molecule has 0 aliphatic heterocycles. The highest BCUT2D eigenvalue weighted by Crippen LogP contribution is 2.66. The molecule has 2 bridgehead atoms. The van der Waals surface area contributed by atoms with E-state index in [0.717, 1.165) is 11.8 Å². The molecule has 5 atom stereocenters. The van der Waals surface area contributed by atoms with Crippen LogP contribution < -0.4 is 0 Å². The summed E-state index contributed by atoms with van der Waals surface area (Å²) in [6, 6.07) is 73.9. The van der Waals surface area contributed by atoms with Gasteiger partial charge in [0.05, 0.1) is 0 Å². The van der Waals surface area contributed by atoms with Crippen molar-refractivity contribution in [2.24, 2.45) is 23.7 Å². The maximum atomic E-state index is 2.61. The Balaban J connectivity index is 1.02. The molecule has 2 fully saturated rings. The summed E-state index contributed by atoms with van der Waals surface area (Å²) < 4.78 is 0. The summed E-state index contributed by atoms with van der Waals surface area (Å²) in [6.07, 6.45) is 6.73. The first-order chi connectivity index (χ1) is 31.6. The van der Waals surface area contributed by atoms with Gasteiger partial charge >= 0.3 is 0 Å². The predicted octanol–water partition coefficient (Wildman–Crippen LogP) is 17.7. The van der Waals surface area contributed by atoms with Crippen LogP contribution in [0.5, 0.6) is 0 Å². The second-order valence-corrected chi connectivity index (χ2v) is 19.5. The highest BCUT2D eigenvalue weighted by molar-refractivity contribution is 6.23. The molecule has 2 saturated carbocycles. The van der Waals surface area contributed by atoms with Crippen LogP contribution in [0.15, 0.2) is 194 Å². The third-order valence-corrected chi connectivity index (χ3v) is 16.4. The molecule has 0 radical (unpaired) electrons. The summed E-state index contributed by atoms with van der Waals surface area (Å²) in [5.74, 6) is 2.92. The topological polar surface area (TPSA) is 0 Å². The first-order valence-corrected chi connectivity index (χ1v) is 23.9. The number of hydrogen-bond acceptors (Lipinski definition) is 0. The van der Waals surface area contributed by atoms with Gasteiger partial charge in [-0.05, 0) is 171 Å². The van der Waals surface area contributed by atoms with Crippen LogP contribution in [0, 0.1) is 23.7 Å². The minimum Gasteiger partial charge on any atom is -0.0651 e. The molecule has 64 heavy (non-hydrogen) atoms. The van der Waals surface area contributed by atoms with Crippen molar-refractivity contribution >= 4 is 43.1 Å². The van der Waals surface area contributed by atoms with Crippen molar-refractivity contribution in [1.29, 1.82) is 0 Å². The van der Waals surface area contributed by atoms with Crippen molar-refractivity contribution < 1.29 is 0 Å². The summed E-state index contributed by atoms with van der Waals surface area (Å²) in [5.41, 5.74) is 16.4. The third-order valence-electron chi connectivity index (χ3n) is 16.4. The fourth-order valence-electron chi connectivity index (χ4n) is 13.8. The molecule has 3 aliphatic rings. The Morgan fingerprint density at radius 3 is 1.70 bits per heavy atom. The monoisotopic (exact) mass is 820 g/mol. The van der Waals surface area contributed by atoms with Crippen LogP contribution >= 0.6 is 0 Å². The van der Waals surface area contributed by atoms with Crippen molar-refractivity contribution in [1.82, 2.24) is 0 Å². The number of rotatable bonds is 5. The molecule has 5 unspecified atom stereocenters. The normalized spacial score (nSPS) is 21.2. The van der Waals surface area contributed by atoms with Crippen LogP contribution in [-0.4, -0.2) is 0 Å². The number of hydrogen-bond donors (Lipinski definition) is 0. The fraction of sp³-hybridized carbons (Fsp3) is 0.188. The Labute approximate surface area is 377 Å². The zero-order chi connectivity index (χ0) is 42.5. The number of fused-ring (bicyclic) bond motifs is 13. The molecular weight excluding hydrogens is 769 g/mol. The van der Waals surface area contributed by atoms with E-state index in [1.54, 1.807) is 11.1 Å². The fourth-order valence-corrected chi connectivity index (χ4v) is 13.8. The zero-order valence-electron chi connectivity index (χ0n) is 36.8. The lowest BCUT2D eigenvalue weighted by Crippen LogP contribution is -2.49. The lowest BCUT2D eigenvalue weighted by molar-refractivity contribution is 0.0375. The standard InChI is InChI=1S/C64H52/c1-3-41-35-42-34-40(2)64(48(36-41)37-42)60-27-15-14-21-52(60)58-33-32-44-29-30-46(39-59(44)63(58)64)49-18-6-7-19-50(49)51-20-8-9-22-53(51)62-56-25-12-10-23-54(56)61(55-24-11-13-26-57(55)62)47-31-28-43-16-4-5-17-45(43)38-47/h4-33,38-42,48H,3,34-37H2,1-2H3. The Morgan fingerprint density at radius 1 is 0.406 bits per heavy atom. The van der Waals surface area contributed by atoms with Crippen LogP contribution in [0.2, 0.25) is 0 Å². The van der Waals surface area contributed by atoms with E-state index in [0.29, 0.717) is 11.8 Å². The van der Waals surface area contributed by atoms with E-state index in [-0.39, 0.29) is 5.41 Å². The Hall–Kier alpha value is -6.76. The average Bonchev–Trinajstić information content (AvgIpc) is 3.66. The lowest BCUT2D eigenvalue weighted by Gasteiger charge is -2.55. The van der Waals surface area contributed by atoms with Crippen LogP contribution in [0.1, 0.15) is 57.1 Å². The van der Waals surface area contributed by atoms with E-state index in [4.69, 9.17) is 0 Å². The van der Waals surface area contributed by atoms with E-state index >= 15 is 0 Å². The van der Waals surface area contributed by atoms with Crippen molar-refractivity contribution in [2.75, 3.05) is 0 Å². The molecule has 0 heterocycles. The second-order valence-electron chi connectivity index (χ2n) is 19.5. The smallest absolute Gasteiger partial charge is 0.0275 e. The van der Waals surface area contributed by atoms with Crippen molar-refractivity contribution in [3.05, 3.63) is 205 Å². The summed E-state index contributed by atoms with van der Waals surface area (Å²) in [7, 11) is 0. The van der Waals surface area contributed by atoms with Crippen molar-refractivity contribution in [3.8, 4) is 55.6 Å². The maximum absolute atomic E-state index is 2.61. The quantitative estimate of drug-likeness (QED) is 0.152. The molecule has 3 aliphatic carbocycles. The molecule has 0 N–H and O–H groups in total. The van der Waals surface area contributed by atoms with E-state index < -0.39 is 0 Å². The minimum atomic E-state index is 0.0294. The Morgan fingerprint density at radius 2 is 0.969 bits per heavy atom. The van der Waals surface area contributed by atoms with Crippen LogP contribution in [0.3, 0.4) is 0 Å². The molecule has 0 saturated heterocycles. The molecule has 0 aromatic heterocycles. The highest BCUT2D eigenvalue weighted by Gasteiger charge is 2.57. The van der Waals surface area contributed by atoms with Crippen LogP contribution in [-0.2, 0) is 5.41 Å². The van der Waals surface area contributed by atoms with Gasteiger partial charge in [0.2, 0.25) is 0 Å². The first-order valence-electron chi connectivity index (χ1n) is 23.9. The number of benzene rings is 10. The van der Waals surface area contributed by atoms with Gasteiger partial charge in [-0.3, -0.25) is 0 Å². The summed E-state index contributed by atoms with van der Waals surface area (Å²) in [5, 5.41) is 10.4. The molecule has 0 nitrogen and oxygen atoms in total. The van der Waals surface area contributed by atoms with E-state index in [2.05, 4.69) is 208 Å². The lowest BCUT2D eigenvalue weighted by atomic mass is 9.49. The Kier molecular flexibility index (Phi) is 8.64. The van der Waals surface area contributed by atoms with Gasteiger partial charge in [0.15, 0.2) is 0 Å². The molecule has 308 valence electrons. The average molecular weight is 821 g/mol. The van der Waals surface area contributed by atoms with E-state index in [1.807, 2.05) is 0 Å². The van der Waals surface area contributed by atoms with Gasteiger partial charge in [-0.25, -0.2) is 0 Å². The third kappa shape index (κ3) is 5.48. The molecule has 13 rings (SSSR count). The Bertz CT molecular complexity index is 3440. The first kappa shape index (κ1) is 37.8. The van der Waals surface area contributed by atoms with Gasteiger partial charge in [-0.15, -0.1) is 0 Å². The molecule has 1 spiro atoms. The second kappa shape index (κ2) is 14.6. The molecule has 0 heteroatoms. The maximum Gasteiger partial charge on any atom is 0.0275 e. The largest absolute Gasteiger partial charge is 0.0651 e. The van der Waals surface area contributed by atoms with Gasteiger partial charge in [0.1, 0.15) is 0 Å². The predicted molar refractivity (Wildman–Crippen MR) is 273 cm³/mol. The van der Waals surface area contributed by atoms with Gasteiger partial charge in [0.25, 0.3) is 0 Å². The van der Waals surface area contributed by atoms with E-state index in [1.165, 1.54) is 131 Å². The van der Waals surface area contributed by atoms with Crippen molar-refractivity contribution in [3.63, 3.8) is 0 Å². The van der Waals surface area contributed by atoms with Gasteiger partial charge in [-0.1, -0.05) is 202 Å². The van der Waals surface area contributed by atoms with Gasteiger partial charge < -0.3 is 0 Å². The molecular formula is C64H52. The highest BCUT2D eigenvalue weighted by atomic mass is 14.6. The molecule has 10 aromatic carbocycles. The van der Waals surface area contributed by atoms with Gasteiger partial charge in [-0.2, -0.15) is 0 Å². The summed E-state index contributed by atoms with van der Waals surface area (Å²) >= 11 is 0. The summed E-state index contributed by atoms with van der Waals surface area (Å²) in [4.78, 5) is 0.